The monoisotopic (exact) mass is 304 g/mol. The van der Waals surface area contributed by atoms with Crippen molar-refractivity contribution in [2.75, 3.05) is 17.1 Å². The zero-order valence-corrected chi connectivity index (χ0v) is 13.3. The van der Waals surface area contributed by atoms with Crippen LogP contribution in [0.5, 0.6) is 0 Å². The Morgan fingerprint density at radius 3 is 2.24 bits per heavy atom. The van der Waals surface area contributed by atoms with Gasteiger partial charge in [0, 0.05) is 12.7 Å². The molecule has 4 nitrogen and oxygen atoms in total. The van der Waals surface area contributed by atoms with Gasteiger partial charge in [-0.2, -0.15) is 0 Å². The Hall–Kier alpha value is -2.01. The van der Waals surface area contributed by atoms with Crippen molar-refractivity contribution in [3.63, 3.8) is 0 Å². The highest BCUT2D eigenvalue weighted by molar-refractivity contribution is 7.92. The van der Waals surface area contributed by atoms with Gasteiger partial charge in [0.15, 0.2) is 0 Å². The molecule has 0 aliphatic rings. The van der Waals surface area contributed by atoms with Crippen molar-refractivity contribution in [2.24, 2.45) is 0 Å². The third-order valence-corrected chi connectivity index (χ3v) is 5.17. The van der Waals surface area contributed by atoms with Gasteiger partial charge in [0.25, 0.3) is 0 Å². The molecule has 2 aromatic rings. The van der Waals surface area contributed by atoms with E-state index < -0.39 is 10.0 Å². The summed E-state index contributed by atoms with van der Waals surface area (Å²) >= 11 is 0. The molecule has 0 aromatic heterocycles. The van der Waals surface area contributed by atoms with E-state index in [1.807, 2.05) is 32.0 Å². The fourth-order valence-electron chi connectivity index (χ4n) is 2.23. The third kappa shape index (κ3) is 3.55. The molecule has 0 saturated heterocycles. The second kappa shape index (κ2) is 5.77. The minimum atomic E-state index is -3.42. The first-order valence-corrected chi connectivity index (χ1v) is 8.29. The predicted octanol–water partition coefficient (Wildman–Crippen LogP) is 2.85. The van der Waals surface area contributed by atoms with E-state index in [-0.39, 0.29) is 5.75 Å². The summed E-state index contributed by atoms with van der Waals surface area (Å²) < 4.78 is 26.4. The number of anilines is 2. The molecule has 0 spiro atoms. The maximum atomic E-state index is 12.5. The van der Waals surface area contributed by atoms with Crippen molar-refractivity contribution in [3.8, 4) is 0 Å². The molecule has 0 heterocycles. The van der Waals surface area contributed by atoms with Crippen molar-refractivity contribution in [2.45, 2.75) is 19.6 Å². The second-order valence-electron chi connectivity index (χ2n) is 5.26. The molecule has 0 amide bonds. The topological polar surface area (TPSA) is 63.4 Å². The Labute approximate surface area is 126 Å². The molecule has 5 heteroatoms. The number of hydrogen-bond acceptors (Lipinski definition) is 3. The minimum absolute atomic E-state index is 0.0445. The van der Waals surface area contributed by atoms with Crippen molar-refractivity contribution in [3.05, 3.63) is 59.2 Å². The molecule has 0 bridgehead atoms. The average Bonchev–Trinajstić information content (AvgIpc) is 2.40. The quantitative estimate of drug-likeness (QED) is 0.883. The lowest BCUT2D eigenvalue weighted by Gasteiger charge is -2.21. The van der Waals surface area contributed by atoms with E-state index >= 15 is 0 Å². The lowest BCUT2D eigenvalue weighted by Crippen LogP contribution is -2.28. The van der Waals surface area contributed by atoms with Gasteiger partial charge in [-0.05, 0) is 43.2 Å². The zero-order valence-electron chi connectivity index (χ0n) is 12.5. The maximum Gasteiger partial charge on any atom is 0.239 e. The predicted molar refractivity (Wildman–Crippen MR) is 87.8 cm³/mol. The third-order valence-electron chi connectivity index (χ3n) is 3.44. The Morgan fingerprint density at radius 2 is 1.67 bits per heavy atom. The molecule has 0 aliphatic heterocycles. The first-order chi connectivity index (χ1) is 9.79. The summed E-state index contributed by atoms with van der Waals surface area (Å²) in [5.41, 5.74) is 9.72. The second-order valence-corrected chi connectivity index (χ2v) is 7.26. The molecule has 0 aliphatic carbocycles. The van der Waals surface area contributed by atoms with Crippen LogP contribution in [0.1, 0.15) is 16.7 Å². The molecule has 0 atom stereocenters. The van der Waals surface area contributed by atoms with Crippen LogP contribution < -0.4 is 10.0 Å². The van der Waals surface area contributed by atoms with Crippen molar-refractivity contribution < 1.29 is 8.42 Å². The van der Waals surface area contributed by atoms with Gasteiger partial charge in [-0.25, -0.2) is 8.42 Å². The van der Waals surface area contributed by atoms with E-state index in [1.165, 1.54) is 4.31 Å². The summed E-state index contributed by atoms with van der Waals surface area (Å²) in [7, 11) is -1.83. The summed E-state index contributed by atoms with van der Waals surface area (Å²) in [5.74, 6) is -0.0445. The normalized spacial score (nSPS) is 11.4. The summed E-state index contributed by atoms with van der Waals surface area (Å²) in [4.78, 5) is 0. The molecule has 2 N–H and O–H groups in total. The van der Waals surface area contributed by atoms with Crippen molar-refractivity contribution >= 4 is 21.4 Å². The van der Waals surface area contributed by atoms with Crippen LogP contribution >= 0.6 is 0 Å². The number of rotatable bonds is 4. The fraction of sp³-hybridized carbons (Fsp3) is 0.250. The molecule has 2 aromatic carbocycles. The van der Waals surface area contributed by atoms with E-state index in [9.17, 15) is 8.42 Å². The molecule has 21 heavy (non-hydrogen) atoms. The van der Waals surface area contributed by atoms with Gasteiger partial charge >= 0.3 is 0 Å². The van der Waals surface area contributed by atoms with Gasteiger partial charge in [0.1, 0.15) is 0 Å². The van der Waals surface area contributed by atoms with Crippen LogP contribution in [-0.2, 0) is 15.8 Å². The fourth-order valence-corrected chi connectivity index (χ4v) is 3.54. The molecule has 112 valence electrons. The Balaban J connectivity index is 2.28. The Morgan fingerprint density at radius 1 is 1.05 bits per heavy atom. The number of nitrogens with two attached hydrogens (primary N) is 1. The van der Waals surface area contributed by atoms with Gasteiger partial charge in [0.2, 0.25) is 10.0 Å². The van der Waals surface area contributed by atoms with E-state index in [1.54, 1.807) is 31.3 Å². The lowest BCUT2D eigenvalue weighted by atomic mass is 10.1. The van der Waals surface area contributed by atoms with Crippen LogP contribution in [0.4, 0.5) is 11.4 Å². The number of sulfonamides is 1. The summed E-state index contributed by atoms with van der Waals surface area (Å²) in [6, 6.07) is 12.6. The number of benzene rings is 2. The van der Waals surface area contributed by atoms with E-state index in [2.05, 4.69) is 0 Å². The minimum Gasteiger partial charge on any atom is -0.399 e. The van der Waals surface area contributed by atoms with Crippen molar-refractivity contribution in [1.29, 1.82) is 0 Å². The number of nitrogen functional groups attached to an aromatic ring is 1. The van der Waals surface area contributed by atoms with Crippen LogP contribution in [-0.4, -0.2) is 15.5 Å². The SMILES string of the molecule is Cc1ccc(N(C)S(=O)(=O)Cc2ccc(N)cc2)c(C)c1. The molecular formula is C16H20N2O2S. The summed E-state index contributed by atoms with van der Waals surface area (Å²) in [6.07, 6.45) is 0. The van der Waals surface area contributed by atoms with Gasteiger partial charge < -0.3 is 5.73 Å². The molecule has 2 rings (SSSR count). The molecule has 0 saturated carbocycles. The first kappa shape index (κ1) is 15.4. The van der Waals surface area contributed by atoms with Crippen LogP contribution in [0.25, 0.3) is 0 Å². The average molecular weight is 304 g/mol. The van der Waals surface area contributed by atoms with Crippen LogP contribution in [0.2, 0.25) is 0 Å². The Bertz CT molecular complexity index is 737. The van der Waals surface area contributed by atoms with Crippen LogP contribution in [0, 0.1) is 13.8 Å². The highest BCUT2D eigenvalue weighted by Gasteiger charge is 2.20. The number of hydrogen-bond donors (Lipinski definition) is 1. The van der Waals surface area contributed by atoms with Gasteiger partial charge in [-0.15, -0.1) is 0 Å². The zero-order chi connectivity index (χ0) is 15.6. The molecule has 0 unspecified atom stereocenters. The van der Waals surface area contributed by atoms with Crippen LogP contribution in [0.15, 0.2) is 42.5 Å². The van der Waals surface area contributed by atoms with E-state index in [4.69, 9.17) is 5.73 Å². The van der Waals surface area contributed by atoms with Crippen molar-refractivity contribution in [1.82, 2.24) is 0 Å². The highest BCUT2D eigenvalue weighted by Crippen LogP contribution is 2.24. The number of aryl methyl sites for hydroxylation is 2. The summed E-state index contributed by atoms with van der Waals surface area (Å²) in [5, 5.41) is 0. The lowest BCUT2D eigenvalue weighted by molar-refractivity contribution is 0.593. The molecule has 0 radical (unpaired) electrons. The number of nitrogens with zero attached hydrogens (tertiary/aromatic N) is 1. The van der Waals surface area contributed by atoms with Gasteiger partial charge in [-0.3, -0.25) is 4.31 Å². The molecule has 0 fully saturated rings. The van der Waals surface area contributed by atoms with E-state index in [0.717, 1.165) is 16.7 Å². The highest BCUT2D eigenvalue weighted by atomic mass is 32.2. The van der Waals surface area contributed by atoms with Gasteiger partial charge in [0.05, 0.1) is 11.4 Å². The largest absolute Gasteiger partial charge is 0.399 e. The smallest absolute Gasteiger partial charge is 0.239 e. The molecular weight excluding hydrogens is 284 g/mol. The maximum absolute atomic E-state index is 12.5. The summed E-state index contributed by atoms with van der Waals surface area (Å²) in [6.45, 7) is 3.90. The van der Waals surface area contributed by atoms with E-state index in [0.29, 0.717) is 11.4 Å². The Kier molecular flexibility index (Phi) is 4.23. The van der Waals surface area contributed by atoms with Gasteiger partial charge in [-0.1, -0.05) is 29.8 Å². The standard InChI is InChI=1S/C16H20N2O2S/c1-12-4-9-16(13(2)10-12)18(3)21(19,20)11-14-5-7-15(17)8-6-14/h4-10H,11,17H2,1-3H3. The van der Waals surface area contributed by atoms with Crippen LogP contribution in [0.3, 0.4) is 0 Å². The first-order valence-electron chi connectivity index (χ1n) is 6.68.